The molecule has 1 heterocycles. The maximum Gasteiger partial charge on any atom is 0.121 e. The van der Waals surface area contributed by atoms with Gasteiger partial charge in [-0.2, -0.15) is 0 Å². The van der Waals surface area contributed by atoms with E-state index in [2.05, 4.69) is 23.7 Å². The van der Waals surface area contributed by atoms with Crippen LogP contribution in [0.5, 0.6) is 5.75 Å². The number of thiophene rings is 1. The molecule has 0 unspecified atom stereocenters. The number of benzene rings is 1. The second kappa shape index (κ2) is 5.54. The Hall–Kier alpha value is -1.03. The predicted molar refractivity (Wildman–Crippen MR) is 72.7 cm³/mol. The Labute approximate surface area is 110 Å². The Morgan fingerprint density at radius 1 is 1.35 bits per heavy atom. The summed E-state index contributed by atoms with van der Waals surface area (Å²) in [6, 6.07) is 9.56. The standard InChI is InChI=1S/C13H14ClNOS/c1-9(13-6-3-7-17-13)15-8-10-11(14)4-2-5-12(10)16/h2-7,9,15-16H,8H2,1H3/t9-/m1/s1. The van der Waals surface area contributed by atoms with Crippen LogP contribution < -0.4 is 5.32 Å². The first-order chi connectivity index (χ1) is 8.18. The zero-order valence-electron chi connectivity index (χ0n) is 9.48. The summed E-state index contributed by atoms with van der Waals surface area (Å²) < 4.78 is 0. The molecule has 0 spiro atoms. The quantitative estimate of drug-likeness (QED) is 0.879. The molecular weight excluding hydrogens is 254 g/mol. The molecule has 1 atom stereocenters. The minimum atomic E-state index is 0.239. The predicted octanol–water partition coefficient (Wildman–Crippen LogP) is 3.96. The molecule has 0 fully saturated rings. The summed E-state index contributed by atoms with van der Waals surface area (Å²) in [5.41, 5.74) is 0.748. The van der Waals surface area contributed by atoms with Crippen molar-refractivity contribution in [2.45, 2.75) is 19.5 Å². The lowest BCUT2D eigenvalue weighted by atomic mass is 10.2. The molecule has 0 radical (unpaired) electrons. The Bertz CT molecular complexity index is 464. The maximum atomic E-state index is 9.71. The third-order valence-electron chi connectivity index (χ3n) is 2.65. The average Bonchev–Trinajstić information content (AvgIpc) is 2.81. The highest BCUT2D eigenvalue weighted by Gasteiger charge is 2.09. The van der Waals surface area contributed by atoms with Crippen molar-refractivity contribution in [2.75, 3.05) is 0 Å². The summed E-state index contributed by atoms with van der Waals surface area (Å²) in [5, 5.41) is 15.7. The van der Waals surface area contributed by atoms with E-state index in [-0.39, 0.29) is 11.8 Å². The van der Waals surface area contributed by atoms with Crippen LogP contribution in [-0.4, -0.2) is 5.11 Å². The van der Waals surface area contributed by atoms with Crippen molar-refractivity contribution < 1.29 is 5.11 Å². The van der Waals surface area contributed by atoms with Crippen LogP contribution in [0.3, 0.4) is 0 Å². The number of rotatable bonds is 4. The Balaban J connectivity index is 2.03. The van der Waals surface area contributed by atoms with Gasteiger partial charge in [0.1, 0.15) is 5.75 Å². The van der Waals surface area contributed by atoms with Crippen molar-refractivity contribution in [2.24, 2.45) is 0 Å². The van der Waals surface area contributed by atoms with Gasteiger partial charge in [-0.15, -0.1) is 11.3 Å². The fourth-order valence-electron chi connectivity index (χ4n) is 1.62. The van der Waals surface area contributed by atoms with Gasteiger partial charge in [0, 0.05) is 28.0 Å². The molecular formula is C13H14ClNOS. The minimum Gasteiger partial charge on any atom is -0.508 e. The molecule has 1 aromatic carbocycles. The van der Waals surface area contributed by atoms with Gasteiger partial charge in [0.25, 0.3) is 0 Å². The van der Waals surface area contributed by atoms with Gasteiger partial charge in [0.2, 0.25) is 0 Å². The molecule has 2 aromatic rings. The van der Waals surface area contributed by atoms with E-state index in [0.717, 1.165) is 5.56 Å². The summed E-state index contributed by atoms with van der Waals surface area (Å²) in [6.07, 6.45) is 0. The van der Waals surface area contributed by atoms with Gasteiger partial charge in [-0.05, 0) is 30.5 Å². The van der Waals surface area contributed by atoms with Gasteiger partial charge in [-0.1, -0.05) is 23.7 Å². The third kappa shape index (κ3) is 3.00. The summed E-state index contributed by atoms with van der Waals surface area (Å²) in [6.45, 7) is 2.66. The van der Waals surface area contributed by atoms with Gasteiger partial charge in [-0.3, -0.25) is 0 Å². The summed E-state index contributed by atoms with van der Waals surface area (Å²) in [4.78, 5) is 1.27. The van der Waals surface area contributed by atoms with Gasteiger partial charge in [-0.25, -0.2) is 0 Å². The first-order valence-electron chi connectivity index (χ1n) is 5.41. The molecule has 90 valence electrons. The number of hydrogen-bond acceptors (Lipinski definition) is 3. The normalized spacial score (nSPS) is 12.6. The molecule has 0 aliphatic carbocycles. The van der Waals surface area contributed by atoms with Crippen molar-refractivity contribution in [1.82, 2.24) is 5.32 Å². The van der Waals surface area contributed by atoms with Crippen LogP contribution in [0.25, 0.3) is 0 Å². The van der Waals surface area contributed by atoms with Crippen molar-refractivity contribution in [3.63, 3.8) is 0 Å². The fourth-order valence-corrected chi connectivity index (χ4v) is 2.61. The topological polar surface area (TPSA) is 32.3 Å². The second-order valence-electron chi connectivity index (χ2n) is 3.86. The van der Waals surface area contributed by atoms with Crippen molar-refractivity contribution in [3.8, 4) is 5.75 Å². The lowest BCUT2D eigenvalue weighted by molar-refractivity contribution is 0.461. The number of hydrogen-bond donors (Lipinski definition) is 2. The molecule has 0 bridgehead atoms. The van der Waals surface area contributed by atoms with E-state index >= 15 is 0 Å². The van der Waals surface area contributed by atoms with Gasteiger partial charge in [0.05, 0.1) is 0 Å². The number of halogens is 1. The van der Waals surface area contributed by atoms with E-state index in [1.807, 2.05) is 6.07 Å². The Kier molecular flexibility index (Phi) is 4.05. The first-order valence-corrected chi connectivity index (χ1v) is 6.67. The molecule has 2 N–H and O–H groups in total. The molecule has 0 saturated carbocycles. The lowest BCUT2D eigenvalue weighted by Crippen LogP contribution is -2.17. The lowest BCUT2D eigenvalue weighted by Gasteiger charge is -2.13. The monoisotopic (exact) mass is 267 g/mol. The molecule has 4 heteroatoms. The summed E-state index contributed by atoms with van der Waals surface area (Å²) >= 11 is 7.76. The first kappa shape index (κ1) is 12.4. The van der Waals surface area contributed by atoms with Crippen LogP contribution in [-0.2, 0) is 6.54 Å². The van der Waals surface area contributed by atoms with Gasteiger partial charge >= 0.3 is 0 Å². The van der Waals surface area contributed by atoms with Crippen LogP contribution in [0.2, 0.25) is 5.02 Å². The molecule has 0 aliphatic rings. The SMILES string of the molecule is C[C@@H](NCc1c(O)cccc1Cl)c1cccs1. The number of aromatic hydroxyl groups is 1. The van der Waals surface area contributed by atoms with Crippen LogP contribution in [0, 0.1) is 0 Å². The van der Waals surface area contributed by atoms with Crippen molar-refractivity contribution in [3.05, 3.63) is 51.2 Å². The van der Waals surface area contributed by atoms with E-state index < -0.39 is 0 Å². The largest absolute Gasteiger partial charge is 0.508 e. The van der Waals surface area contributed by atoms with Crippen LogP contribution in [0.1, 0.15) is 23.4 Å². The van der Waals surface area contributed by atoms with E-state index in [1.54, 1.807) is 29.5 Å². The second-order valence-corrected chi connectivity index (χ2v) is 5.24. The molecule has 0 amide bonds. The van der Waals surface area contributed by atoms with E-state index in [9.17, 15) is 5.11 Å². The highest BCUT2D eigenvalue weighted by atomic mass is 35.5. The van der Waals surface area contributed by atoms with Crippen LogP contribution >= 0.6 is 22.9 Å². The minimum absolute atomic E-state index is 0.239. The van der Waals surface area contributed by atoms with E-state index in [4.69, 9.17) is 11.6 Å². The highest BCUT2D eigenvalue weighted by molar-refractivity contribution is 7.10. The van der Waals surface area contributed by atoms with Gasteiger partial charge < -0.3 is 10.4 Å². The smallest absolute Gasteiger partial charge is 0.121 e. The zero-order chi connectivity index (χ0) is 12.3. The van der Waals surface area contributed by atoms with E-state index in [0.29, 0.717) is 11.6 Å². The maximum absolute atomic E-state index is 9.71. The number of phenols is 1. The molecule has 0 saturated heterocycles. The van der Waals surface area contributed by atoms with Gasteiger partial charge in [0.15, 0.2) is 0 Å². The molecule has 17 heavy (non-hydrogen) atoms. The molecule has 2 nitrogen and oxygen atoms in total. The van der Waals surface area contributed by atoms with Crippen LogP contribution in [0.15, 0.2) is 35.7 Å². The summed E-state index contributed by atoms with van der Waals surface area (Å²) in [5.74, 6) is 0.239. The third-order valence-corrected chi connectivity index (χ3v) is 4.06. The Morgan fingerprint density at radius 2 is 2.18 bits per heavy atom. The van der Waals surface area contributed by atoms with Crippen molar-refractivity contribution >= 4 is 22.9 Å². The fraction of sp³-hybridized carbons (Fsp3) is 0.231. The van der Waals surface area contributed by atoms with Crippen molar-refractivity contribution in [1.29, 1.82) is 0 Å². The molecule has 0 aliphatic heterocycles. The zero-order valence-corrected chi connectivity index (χ0v) is 11.1. The summed E-state index contributed by atoms with van der Waals surface area (Å²) in [7, 11) is 0. The molecule has 2 rings (SSSR count). The molecule has 1 aromatic heterocycles. The van der Waals surface area contributed by atoms with E-state index in [1.165, 1.54) is 4.88 Å². The average molecular weight is 268 g/mol. The van der Waals surface area contributed by atoms with Crippen LogP contribution in [0.4, 0.5) is 0 Å². The Morgan fingerprint density at radius 3 is 2.82 bits per heavy atom. The highest BCUT2D eigenvalue weighted by Crippen LogP contribution is 2.26. The number of nitrogens with one attached hydrogen (secondary N) is 1. The number of phenolic OH excluding ortho intramolecular Hbond substituents is 1.